The van der Waals surface area contributed by atoms with Gasteiger partial charge in [0, 0.05) is 5.69 Å². The molecule has 0 aliphatic rings. The maximum atomic E-state index is 5.62. The average Bonchev–Trinajstić information content (AvgIpc) is 2.87. The number of nitrogens with two attached hydrogens (primary N) is 1. The van der Waals surface area contributed by atoms with Crippen LogP contribution >= 0.6 is 11.8 Å². The van der Waals surface area contributed by atoms with Crippen molar-refractivity contribution in [3.63, 3.8) is 0 Å². The Hall–Kier alpha value is -3.56. The zero-order chi connectivity index (χ0) is 22.9. The number of aliphatic imine (C=N–C) groups is 1. The van der Waals surface area contributed by atoms with Gasteiger partial charge in [0.2, 0.25) is 0 Å². The van der Waals surface area contributed by atoms with E-state index in [9.17, 15) is 0 Å². The molecule has 0 aliphatic carbocycles. The number of aryl methyl sites for hydroxylation is 1. The molecule has 3 heteroatoms. The Balaban J connectivity index is 0.000000196. The van der Waals surface area contributed by atoms with Gasteiger partial charge in [-0.3, -0.25) is 0 Å². The maximum absolute atomic E-state index is 5.62. The first-order chi connectivity index (χ1) is 16.2. The number of anilines is 1. The van der Waals surface area contributed by atoms with Gasteiger partial charge in [0.25, 0.3) is 0 Å². The van der Waals surface area contributed by atoms with Crippen molar-refractivity contribution in [2.45, 2.75) is 12.8 Å². The van der Waals surface area contributed by atoms with Crippen LogP contribution in [-0.2, 0) is 6.42 Å². The third-order valence-corrected chi connectivity index (χ3v) is 6.23. The first-order valence-corrected chi connectivity index (χ1v) is 12.3. The van der Waals surface area contributed by atoms with Crippen LogP contribution in [0.2, 0.25) is 0 Å². The molecule has 0 saturated heterocycles. The van der Waals surface area contributed by atoms with Gasteiger partial charge in [-0.05, 0) is 70.5 Å². The predicted molar refractivity (Wildman–Crippen MR) is 148 cm³/mol. The van der Waals surface area contributed by atoms with Crippen LogP contribution in [0.5, 0.6) is 0 Å². The zero-order valence-corrected chi connectivity index (χ0v) is 19.6. The number of fused-ring (bicyclic) bond motifs is 2. The quantitative estimate of drug-likeness (QED) is 0.171. The summed E-state index contributed by atoms with van der Waals surface area (Å²) in [5.41, 5.74) is 8.85. The second kappa shape index (κ2) is 11.3. The highest BCUT2D eigenvalue weighted by Crippen LogP contribution is 2.23. The first-order valence-electron chi connectivity index (χ1n) is 11.1. The second-order valence-corrected chi connectivity index (χ2v) is 8.71. The molecule has 5 aromatic rings. The maximum Gasteiger partial charge on any atom is 0.0739 e. The molecular weight excluding hydrogens is 420 g/mol. The van der Waals surface area contributed by atoms with E-state index in [1.54, 1.807) is 11.8 Å². The fourth-order valence-corrected chi connectivity index (χ4v) is 4.20. The topological polar surface area (TPSA) is 38.4 Å². The minimum Gasteiger partial charge on any atom is -0.399 e. The van der Waals surface area contributed by atoms with Gasteiger partial charge in [0.1, 0.15) is 0 Å². The van der Waals surface area contributed by atoms with Crippen LogP contribution in [0, 0.1) is 0 Å². The predicted octanol–water partition coefficient (Wildman–Crippen LogP) is 8.29. The van der Waals surface area contributed by atoms with E-state index in [-0.39, 0.29) is 0 Å². The Morgan fingerprint density at radius 3 is 1.91 bits per heavy atom. The molecule has 0 amide bonds. The number of nitrogen functional groups attached to an aromatic ring is 1. The van der Waals surface area contributed by atoms with Crippen LogP contribution < -0.4 is 5.73 Å². The van der Waals surface area contributed by atoms with E-state index in [0.717, 1.165) is 24.2 Å². The summed E-state index contributed by atoms with van der Waals surface area (Å²) < 4.78 is 0. The molecule has 5 aromatic carbocycles. The van der Waals surface area contributed by atoms with Crippen molar-refractivity contribution in [1.29, 1.82) is 0 Å². The van der Waals surface area contributed by atoms with Crippen molar-refractivity contribution in [3.05, 3.63) is 121 Å². The molecule has 0 unspecified atom stereocenters. The molecule has 0 fully saturated rings. The van der Waals surface area contributed by atoms with Crippen LogP contribution in [-0.4, -0.2) is 11.3 Å². The Morgan fingerprint density at radius 1 is 0.667 bits per heavy atom. The third kappa shape index (κ3) is 6.47. The summed E-state index contributed by atoms with van der Waals surface area (Å²) in [5.74, 6) is 0. The van der Waals surface area contributed by atoms with Gasteiger partial charge >= 0.3 is 0 Å². The molecule has 2 N–H and O–H groups in total. The van der Waals surface area contributed by atoms with Crippen LogP contribution in [0.4, 0.5) is 11.4 Å². The molecule has 2 nitrogen and oxygen atoms in total. The van der Waals surface area contributed by atoms with Gasteiger partial charge in [-0.25, -0.2) is 4.99 Å². The van der Waals surface area contributed by atoms with Crippen molar-refractivity contribution >= 4 is 49.7 Å². The average molecular weight is 449 g/mol. The summed E-state index contributed by atoms with van der Waals surface area (Å²) in [6.45, 7) is 0. The normalized spacial score (nSPS) is 11.2. The Kier molecular flexibility index (Phi) is 7.78. The van der Waals surface area contributed by atoms with Gasteiger partial charge in [-0.1, -0.05) is 91.0 Å². The summed E-state index contributed by atoms with van der Waals surface area (Å²) in [6, 6.07) is 39.5. The van der Waals surface area contributed by atoms with Gasteiger partial charge in [0.15, 0.2) is 0 Å². The molecule has 0 heterocycles. The van der Waals surface area contributed by atoms with Gasteiger partial charge in [0.05, 0.1) is 10.7 Å². The lowest BCUT2D eigenvalue weighted by atomic mass is 10.1. The van der Waals surface area contributed by atoms with Crippen LogP contribution in [0.1, 0.15) is 12.0 Å². The number of hydrogen-bond donors (Lipinski definition) is 1. The number of rotatable bonds is 4. The molecule has 0 radical (unpaired) electrons. The minimum absolute atomic E-state index is 0.823. The molecule has 0 atom stereocenters. The van der Waals surface area contributed by atoms with Crippen LogP contribution in [0.15, 0.2) is 120 Å². The molecule has 0 aliphatic heterocycles. The van der Waals surface area contributed by atoms with E-state index in [2.05, 4.69) is 91.2 Å². The van der Waals surface area contributed by atoms with E-state index in [1.165, 1.54) is 32.2 Å². The van der Waals surface area contributed by atoms with Crippen LogP contribution in [0.3, 0.4) is 0 Å². The van der Waals surface area contributed by atoms with Crippen molar-refractivity contribution in [3.8, 4) is 0 Å². The molecule has 33 heavy (non-hydrogen) atoms. The number of nitrogens with zero attached hydrogens (tertiary/aromatic N) is 1. The standard InChI is InChI=1S/C20H19NS.C10H9N/c1-22-20(14-11-16-7-3-2-4-8-16)21-19-13-12-17-9-5-6-10-18(17)15-19;11-10-6-5-8-3-1-2-4-9(8)7-10/h2-10,12-13,15H,11,14H2,1H3;1-7H,11H2. The molecule has 0 bridgehead atoms. The van der Waals surface area contributed by atoms with E-state index in [0.29, 0.717) is 0 Å². The SMILES string of the molecule is CSC(CCc1ccccc1)=Nc1ccc2ccccc2c1.Nc1ccc2ccccc2c1. The minimum atomic E-state index is 0.823. The molecule has 0 spiro atoms. The Morgan fingerprint density at radius 2 is 1.24 bits per heavy atom. The number of thioether (sulfide) groups is 1. The monoisotopic (exact) mass is 448 g/mol. The van der Waals surface area contributed by atoms with Crippen molar-refractivity contribution in [2.24, 2.45) is 4.99 Å². The van der Waals surface area contributed by atoms with Gasteiger partial charge in [-0.15, -0.1) is 11.8 Å². The molecule has 0 saturated carbocycles. The lowest BCUT2D eigenvalue weighted by Crippen LogP contribution is -1.95. The van der Waals surface area contributed by atoms with E-state index in [4.69, 9.17) is 10.7 Å². The van der Waals surface area contributed by atoms with Gasteiger partial charge in [-0.2, -0.15) is 0 Å². The summed E-state index contributed by atoms with van der Waals surface area (Å²) in [4.78, 5) is 4.82. The number of hydrogen-bond acceptors (Lipinski definition) is 3. The van der Waals surface area contributed by atoms with E-state index in [1.807, 2.05) is 30.3 Å². The Labute approximate surface area is 200 Å². The highest BCUT2D eigenvalue weighted by Gasteiger charge is 2.01. The second-order valence-electron chi connectivity index (χ2n) is 7.83. The smallest absolute Gasteiger partial charge is 0.0739 e. The summed E-state index contributed by atoms with van der Waals surface area (Å²) in [7, 11) is 0. The zero-order valence-electron chi connectivity index (χ0n) is 18.8. The summed E-state index contributed by atoms with van der Waals surface area (Å²) in [6.07, 6.45) is 4.12. The number of benzene rings is 5. The third-order valence-electron chi connectivity index (χ3n) is 5.47. The lowest BCUT2D eigenvalue weighted by Gasteiger charge is -2.05. The lowest BCUT2D eigenvalue weighted by molar-refractivity contribution is 1.05. The van der Waals surface area contributed by atoms with E-state index >= 15 is 0 Å². The van der Waals surface area contributed by atoms with Crippen molar-refractivity contribution in [2.75, 3.05) is 12.0 Å². The van der Waals surface area contributed by atoms with Crippen molar-refractivity contribution in [1.82, 2.24) is 0 Å². The highest BCUT2D eigenvalue weighted by molar-refractivity contribution is 8.13. The van der Waals surface area contributed by atoms with Gasteiger partial charge < -0.3 is 5.73 Å². The highest BCUT2D eigenvalue weighted by atomic mass is 32.2. The molecular formula is C30H28N2S. The first kappa shape index (κ1) is 22.6. The van der Waals surface area contributed by atoms with Crippen molar-refractivity contribution < 1.29 is 0 Å². The fourth-order valence-electron chi connectivity index (χ4n) is 3.70. The largest absolute Gasteiger partial charge is 0.399 e. The summed E-state index contributed by atoms with van der Waals surface area (Å²) >= 11 is 1.74. The fraction of sp³-hybridized carbons (Fsp3) is 0.100. The molecule has 164 valence electrons. The molecule has 5 rings (SSSR count). The van der Waals surface area contributed by atoms with E-state index < -0.39 is 0 Å². The summed E-state index contributed by atoms with van der Waals surface area (Å²) in [5, 5.41) is 6.12. The Bertz CT molecular complexity index is 1360. The van der Waals surface area contributed by atoms with Crippen LogP contribution in [0.25, 0.3) is 21.5 Å². The molecule has 0 aromatic heterocycles.